The van der Waals surface area contributed by atoms with Gasteiger partial charge in [-0.1, -0.05) is 0 Å². The van der Waals surface area contributed by atoms with Gasteiger partial charge in [0.15, 0.2) is 6.10 Å². The third kappa shape index (κ3) is 2.64. The second-order valence-electron chi connectivity index (χ2n) is 1.50. The van der Waals surface area contributed by atoms with E-state index >= 15 is 0 Å². The number of halogens is 1. The lowest BCUT2D eigenvalue weighted by atomic mass is 10.2. The molecule has 0 radical (unpaired) electrons. The first-order valence-electron chi connectivity index (χ1n) is 2.24. The van der Waals surface area contributed by atoms with Crippen LogP contribution in [0, 0.1) is 0 Å². The van der Waals surface area contributed by atoms with Crippen molar-refractivity contribution < 1.29 is 20.1 Å². The molecule has 3 N–H and O–H groups in total. The zero-order valence-electron chi connectivity index (χ0n) is 4.49. The van der Waals surface area contributed by atoms with Gasteiger partial charge in [-0.05, 0) is 0 Å². The maximum Gasteiger partial charge on any atom is 0.335 e. The summed E-state index contributed by atoms with van der Waals surface area (Å²) >= 11 is 5.02. The van der Waals surface area contributed by atoms with E-state index in [9.17, 15) is 4.79 Å². The van der Waals surface area contributed by atoms with Crippen molar-refractivity contribution in [3.63, 3.8) is 0 Å². The Kier molecular flexibility index (Phi) is 3.53. The number of carbonyl (C=O) groups is 1. The maximum atomic E-state index is 9.83. The number of aliphatic carboxylic acids is 1. The fourth-order valence-electron chi connectivity index (χ4n) is 0.249. The highest BCUT2D eigenvalue weighted by Gasteiger charge is 2.21. The van der Waals surface area contributed by atoms with E-state index in [0.29, 0.717) is 0 Å². The molecule has 0 aliphatic heterocycles. The van der Waals surface area contributed by atoms with Gasteiger partial charge in [0, 0.05) is 0 Å². The van der Waals surface area contributed by atoms with Crippen LogP contribution in [0.2, 0.25) is 0 Å². The molecule has 0 aromatic rings. The fraction of sp³-hybridized carbons (Fsp3) is 0.750. The van der Waals surface area contributed by atoms with Gasteiger partial charge in [-0.25, -0.2) is 4.79 Å². The summed E-state index contributed by atoms with van der Waals surface area (Å²) in [6, 6.07) is 0. The predicted octanol–water partition coefficient (Wildman–Crippen LogP) is -0.968. The lowest BCUT2D eigenvalue weighted by Gasteiger charge is -2.08. The van der Waals surface area contributed by atoms with Crippen molar-refractivity contribution in [2.45, 2.75) is 12.2 Å². The van der Waals surface area contributed by atoms with E-state index in [1.54, 1.807) is 0 Å². The third-order valence-corrected chi connectivity index (χ3v) is 1.09. The van der Waals surface area contributed by atoms with Gasteiger partial charge in [-0.2, -0.15) is 0 Å². The van der Waals surface area contributed by atoms with Crippen molar-refractivity contribution in [2.75, 3.05) is 5.88 Å². The van der Waals surface area contributed by atoms with Crippen molar-refractivity contribution >= 4 is 17.6 Å². The minimum absolute atomic E-state index is 0.284. The van der Waals surface area contributed by atoms with Gasteiger partial charge in [0.25, 0.3) is 0 Å². The molecule has 0 rings (SSSR count). The molecule has 2 atom stereocenters. The van der Waals surface area contributed by atoms with E-state index in [-0.39, 0.29) is 5.88 Å². The fourth-order valence-corrected chi connectivity index (χ4v) is 0.418. The molecule has 0 aromatic heterocycles. The standard InChI is InChI=1S/C4H7ClO4/c5-1-2(6)3(7)4(8)9/h2-3,6-7H,1H2,(H,8,9)/t2-,3+/m1/s1. The molecule has 54 valence electrons. The highest BCUT2D eigenvalue weighted by molar-refractivity contribution is 6.18. The van der Waals surface area contributed by atoms with E-state index in [1.807, 2.05) is 0 Å². The summed E-state index contributed by atoms with van der Waals surface area (Å²) in [6.45, 7) is 0. The average molecular weight is 155 g/mol. The Hall–Kier alpha value is -0.320. The molecule has 0 amide bonds. The topological polar surface area (TPSA) is 77.8 Å². The van der Waals surface area contributed by atoms with Crippen LogP contribution in [-0.2, 0) is 4.79 Å². The number of hydrogen-bond acceptors (Lipinski definition) is 3. The minimum Gasteiger partial charge on any atom is -0.479 e. The van der Waals surface area contributed by atoms with Crippen LogP contribution in [0.4, 0.5) is 0 Å². The second-order valence-corrected chi connectivity index (χ2v) is 1.81. The van der Waals surface area contributed by atoms with Crippen LogP contribution in [0.25, 0.3) is 0 Å². The molecule has 0 spiro atoms. The molecule has 0 saturated heterocycles. The summed E-state index contributed by atoms with van der Waals surface area (Å²) in [7, 11) is 0. The molecular weight excluding hydrogens is 147 g/mol. The average Bonchev–Trinajstić information content (AvgIpc) is 1.84. The first-order chi connectivity index (χ1) is 4.09. The van der Waals surface area contributed by atoms with Crippen LogP contribution in [0.5, 0.6) is 0 Å². The Morgan fingerprint density at radius 3 is 2.11 bits per heavy atom. The van der Waals surface area contributed by atoms with Crippen LogP contribution in [0.1, 0.15) is 0 Å². The first kappa shape index (κ1) is 8.68. The summed E-state index contributed by atoms with van der Waals surface area (Å²) in [5, 5.41) is 25.0. The highest BCUT2D eigenvalue weighted by Crippen LogP contribution is 1.95. The van der Waals surface area contributed by atoms with Crippen molar-refractivity contribution in [3.05, 3.63) is 0 Å². The monoisotopic (exact) mass is 154 g/mol. The molecule has 4 nitrogen and oxygen atoms in total. The Bertz CT molecular complexity index is 105. The highest BCUT2D eigenvalue weighted by atomic mass is 35.5. The number of rotatable bonds is 3. The number of alkyl halides is 1. The van der Waals surface area contributed by atoms with Crippen molar-refractivity contribution in [3.8, 4) is 0 Å². The van der Waals surface area contributed by atoms with Gasteiger partial charge >= 0.3 is 5.97 Å². The molecule has 0 fully saturated rings. The van der Waals surface area contributed by atoms with E-state index in [1.165, 1.54) is 0 Å². The summed E-state index contributed by atoms with van der Waals surface area (Å²) in [6.07, 6.45) is -3.16. The maximum absolute atomic E-state index is 9.83. The van der Waals surface area contributed by atoms with Crippen molar-refractivity contribution in [2.24, 2.45) is 0 Å². The Morgan fingerprint density at radius 1 is 1.56 bits per heavy atom. The largest absolute Gasteiger partial charge is 0.479 e. The van der Waals surface area contributed by atoms with Crippen LogP contribution in [0.3, 0.4) is 0 Å². The lowest BCUT2D eigenvalue weighted by molar-refractivity contribution is -0.151. The quantitative estimate of drug-likeness (QED) is 0.457. The van der Waals surface area contributed by atoms with E-state index in [0.717, 1.165) is 0 Å². The zero-order valence-corrected chi connectivity index (χ0v) is 5.25. The molecule has 0 aliphatic rings. The first-order valence-corrected chi connectivity index (χ1v) is 2.78. The minimum atomic E-state index is -1.78. The summed E-state index contributed by atoms with van der Waals surface area (Å²) in [5.41, 5.74) is 0. The molecule has 0 aromatic carbocycles. The van der Waals surface area contributed by atoms with Gasteiger partial charge in [0.05, 0.1) is 5.88 Å². The predicted molar refractivity (Wildman–Crippen MR) is 30.4 cm³/mol. The molecule has 9 heavy (non-hydrogen) atoms. The third-order valence-electron chi connectivity index (χ3n) is 0.776. The number of carboxylic acids is 1. The summed E-state index contributed by atoms with van der Waals surface area (Å²) in [4.78, 5) is 9.83. The van der Waals surface area contributed by atoms with E-state index < -0.39 is 18.2 Å². The number of aliphatic hydroxyl groups excluding tert-OH is 2. The normalized spacial score (nSPS) is 16.8. The Morgan fingerprint density at radius 2 is 2.00 bits per heavy atom. The van der Waals surface area contributed by atoms with Crippen LogP contribution >= 0.6 is 11.6 Å². The van der Waals surface area contributed by atoms with Gasteiger partial charge in [0.1, 0.15) is 6.10 Å². The van der Waals surface area contributed by atoms with Crippen molar-refractivity contribution in [1.29, 1.82) is 0 Å². The molecular formula is C4H7ClO4. The van der Waals surface area contributed by atoms with Crippen LogP contribution < -0.4 is 0 Å². The van der Waals surface area contributed by atoms with Crippen LogP contribution in [0.15, 0.2) is 0 Å². The number of carboxylic acid groups (broad SMARTS) is 1. The number of hydrogen-bond donors (Lipinski definition) is 3. The SMILES string of the molecule is O=C(O)[C@@H](O)[C@H](O)CCl. The van der Waals surface area contributed by atoms with Gasteiger partial charge in [-0.3, -0.25) is 0 Å². The van der Waals surface area contributed by atoms with Gasteiger partial charge in [0.2, 0.25) is 0 Å². The Balaban J connectivity index is 3.72. The summed E-state index contributed by atoms with van der Waals surface area (Å²) in [5.74, 6) is -1.75. The molecule has 0 saturated carbocycles. The van der Waals surface area contributed by atoms with Gasteiger partial charge < -0.3 is 15.3 Å². The smallest absolute Gasteiger partial charge is 0.335 e. The molecule has 0 bridgehead atoms. The van der Waals surface area contributed by atoms with E-state index in [4.69, 9.17) is 26.9 Å². The summed E-state index contributed by atoms with van der Waals surface area (Å²) < 4.78 is 0. The number of aliphatic hydroxyl groups is 2. The van der Waals surface area contributed by atoms with Gasteiger partial charge in [-0.15, -0.1) is 11.6 Å². The van der Waals surface area contributed by atoms with Crippen LogP contribution in [-0.4, -0.2) is 39.4 Å². The molecule has 0 unspecified atom stereocenters. The molecule has 0 heterocycles. The Labute approximate surface area is 56.7 Å². The second kappa shape index (κ2) is 3.66. The lowest BCUT2D eigenvalue weighted by Crippen LogP contribution is -2.34. The van der Waals surface area contributed by atoms with E-state index in [2.05, 4.69) is 0 Å². The molecule has 5 heteroatoms. The zero-order chi connectivity index (χ0) is 7.44. The molecule has 0 aliphatic carbocycles. The van der Waals surface area contributed by atoms with Crippen molar-refractivity contribution in [1.82, 2.24) is 0 Å².